The Morgan fingerprint density at radius 1 is 0.778 bits per heavy atom. The van der Waals surface area contributed by atoms with E-state index in [0.29, 0.717) is 0 Å². The lowest BCUT2D eigenvalue weighted by molar-refractivity contribution is -0.643. The van der Waals surface area contributed by atoms with E-state index in [-0.39, 0.29) is 0 Å². The molecule has 0 aromatic heterocycles. The topological polar surface area (TPSA) is 16.6 Å². The van der Waals surface area contributed by atoms with Crippen LogP contribution < -0.4 is 5.32 Å². The van der Waals surface area contributed by atoms with E-state index in [0.717, 1.165) is 6.54 Å². The zero-order valence-electron chi connectivity index (χ0n) is 11.5. The van der Waals surface area contributed by atoms with E-state index < -0.39 is 0 Å². The molecular weight excluding hydrogens is 218 g/mol. The lowest BCUT2D eigenvalue weighted by Gasteiger charge is -1.93. The molecule has 0 atom stereocenters. The molecule has 0 aliphatic rings. The zero-order chi connectivity index (χ0) is 13.1. The number of quaternary nitrogens is 1. The van der Waals surface area contributed by atoms with Gasteiger partial charge in [-0.2, -0.15) is 0 Å². The van der Waals surface area contributed by atoms with Crippen molar-refractivity contribution in [2.45, 2.75) is 26.3 Å². The molecule has 0 spiro atoms. The largest absolute Gasteiger partial charge is 0.345 e. The van der Waals surface area contributed by atoms with Crippen molar-refractivity contribution in [1.82, 2.24) is 0 Å². The van der Waals surface area contributed by atoms with Gasteiger partial charge in [-0.1, -0.05) is 74.0 Å². The number of benzene rings is 2. The molecule has 0 fully saturated rings. The third-order valence-electron chi connectivity index (χ3n) is 2.66. The predicted octanol–water partition coefficient (Wildman–Crippen LogP) is 3.02. The maximum absolute atomic E-state index is 2.20. The summed E-state index contributed by atoms with van der Waals surface area (Å²) in [6.45, 7) is 3.29. The molecule has 0 saturated carbocycles. The number of nitrogens with two attached hydrogens (primary N) is 1. The third kappa shape index (κ3) is 6.21. The van der Waals surface area contributed by atoms with E-state index in [1.807, 2.05) is 6.07 Å². The fraction of sp³-hybridized carbons (Fsp3) is 0.294. The summed E-state index contributed by atoms with van der Waals surface area (Å²) in [5, 5.41) is 2.16. The van der Waals surface area contributed by atoms with Crippen molar-refractivity contribution < 1.29 is 5.32 Å². The average molecular weight is 242 g/mol. The first-order chi connectivity index (χ1) is 8.86. The van der Waals surface area contributed by atoms with Gasteiger partial charge in [-0.3, -0.25) is 0 Å². The minimum Gasteiger partial charge on any atom is -0.345 e. The number of rotatable bonds is 4. The smallest absolute Gasteiger partial charge is 0.101 e. The molecule has 0 unspecified atom stereocenters. The predicted molar refractivity (Wildman–Crippen MR) is 78.4 cm³/mol. The highest BCUT2D eigenvalue weighted by Gasteiger charge is 1.86. The van der Waals surface area contributed by atoms with Gasteiger partial charge in [-0.15, -0.1) is 0 Å². The van der Waals surface area contributed by atoms with E-state index in [9.17, 15) is 0 Å². The minimum atomic E-state index is 1.08. The summed E-state index contributed by atoms with van der Waals surface area (Å²) in [6, 6.07) is 21.0. The van der Waals surface area contributed by atoms with E-state index in [1.54, 1.807) is 0 Å². The van der Waals surface area contributed by atoms with Crippen LogP contribution in [0.3, 0.4) is 0 Å². The molecule has 2 rings (SSSR count). The van der Waals surface area contributed by atoms with Crippen molar-refractivity contribution in [2.24, 2.45) is 0 Å². The van der Waals surface area contributed by atoms with Crippen molar-refractivity contribution in [2.75, 3.05) is 7.05 Å². The van der Waals surface area contributed by atoms with Gasteiger partial charge in [0.15, 0.2) is 0 Å². The van der Waals surface area contributed by atoms with Crippen LogP contribution in [0.4, 0.5) is 0 Å². The van der Waals surface area contributed by atoms with Crippen LogP contribution in [-0.2, 0) is 13.0 Å². The van der Waals surface area contributed by atoms with Gasteiger partial charge in [-0.05, 0) is 12.0 Å². The monoisotopic (exact) mass is 242 g/mol. The second-order valence-electron chi connectivity index (χ2n) is 4.33. The Balaban J connectivity index is 0.000000180. The molecule has 1 heteroatoms. The lowest BCUT2D eigenvalue weighted by Crippen LogP contribution is -2.77. The molecule has 18 heavy (non-hydrogen) atoms. The Morgan fingerprint density at radius 3 is 1.72 bits per heavy atom. The van der Waals surface area contributed by atoms with Crippen molar-refractivity contribution in [3.63, 3.8) is 0 Å². The Labute approximate surface area is 111 Å². The number of hydrogen-bond acceptors (Lipinski definition) is 0. The number of hydrogen-bond donors (Lipinski definition) is 1. The maximum atomic E-state index is 2.20. The summed E-state index contributed by atoms with van der Waals surface area (Å²) in [4.78, 5) is 0. The van der Waals surface area contributed by atoms with Crippen LogP contribution in [0.5, 0.6) is 0 Å². The van der Waals surface area contributed by atoms with Crippen molar-refractivity contribution in [3.05, 3.63) is 71.8 Å². The molecule has 0 radical (unpaired) electrons. The lowest BCUT2D eigenvalue weighted by atomic mass is 10.1. The SMILES string of the molecule is CCCc1ccccc1.C[NH2+]Cc1ccccc1. The van der Waals surface area contributed by atoms with Gasteiger partial charge in [0.2, 0.25) is 0 Å². The molecule has 0 heterocycles. The first-order valence-corrected chi connectivity index (χ1v) is 6.72. The van der Waals surface area contributed by atoms with Crippen LogP contribution in [0.2, 0.25) is 0 Å². The van der Waals surface area contributed by atoms with Gasteiger partial charge in [-0.25, -0.2) is 0 Å². The van der Waals surface area contributed by atoms with Crippen LogP contribution in [-0.4, -0.2) is 7.05 Å². The van der Waals surface area contributed by atoms with E-state index in [4.69, 9.17) is 0 Å². The van der Waals surface area contributed by atoms with Gasteiger partial charge in [0.05, 0.1) is 7.05 Å². The molecule has 0 aliphatic heterocycles. The summed E-state index contributed by atoms with van der Waals surface area (Å²) in [5.41, 5.74) is 2.83. The van der Waals surface area contributed by atoms with Gasteiger partial charge in [0, 0.05) is 5.56 Å². The van der Waals surface area contributed by atoms with Gasteiger partial charge >= 0.3 is 0 Å². The third-order valence-corrected chi connectivity index (χ3v) is 2.66. The highest BCUT2D eigenvalue weighted by molar-refractivity contribution is 5.14. The van der Waals surface area contributed by atoms with E-state index in [2.05, 4.69) is 73.9 Å². The average Bonchev–Trinajstić information content (AvgIpc) is 2.43. The molecular formula is C17H24N+. The van der Waals surface area contributed by atoms with Crippen LogP contribution in [0.15, 0.2) is 60.7 Å². The van der Waals surface area contributed by atoms with Crippen LogP contribution in [0, 0.1) is 0 Å². The minimum absolute atomic E-state index is 1.08. The maximum Gasteiger partial charge on any atom is 0.101 e. The van der Waals surface area contributed by atoms with Crippen molar-refractivity contribution in [1.29, 1.82) is 0 Å². The summed E-state index contributed by atoms with van der Waals surface area (Å²) >= 11 is 0. The normalized spacial score (nSPS) is 9.44. The van der Waals surface area contributed by atoms with E-state index in [1.165, 1.54) is 24.0 Å². The van der Waals surface area contributed by atoms with Crippen LogP contribution in [0.1, 0.15) is 24.5 Å². The summed E-state index contributed by atoms with van der Waals surface area (Å²) in [7, 11) is 2.08. The molecule has 0 bridgehead atoms. The second-order valence-corrected chi connectivity index (χ2v) is 4.33. The summed E-state index contributed by atoms with van der Waals surface area (Å²) in [5.74, 6) is 0. The fourth-order valence-electron chi connectivity index (χ4n) is 1.78. The fourth-order valence-corrected chi connectivity index (χ4v) is 1.78. The molecule has 2 aromatic rings. The van der Waals surface area contributed by atoms with Crippen LogP contribution in [0.25, 0.3) is 0 Å². The second kappa shape index (κ2) is 9.43. The molecule has 96 valence electrons. The van der Waals surface area contributed by atoms with Gasteiger partial charge in [0.1, 0.15) is 6.54 Å². The highest BCUT2D eigenvalue weighted by Crippen LogP contribution is 2.00. The molecule has 1 nitrogen and oxygen atoms in total. The summed E-state index contributed by atoms with van der Waals surface area (Å²) < 4.78 is 0. The Hall–Kier alpha value is -1.60. The molecule has 0 saturated heterocycles. The Bertz CT molecular complexity index is 353. The quantitative estimate of drug-likeness (QED) is 0.849. The van der Waals surface area contributed by atoms with E-state index >= 15 is 0 Å². The first kappa shape index (κ1) is 14.5. The van der Waals surface area contributed by atoms with Gasteiger partial charge < -0.3 is 5.32 Å². The van der Waals surface area contributed by atoms with Crippen molar-refractivity contribution >= 4 is 0 Å². The standard InChI is InChI=1S/C9H12.C8H11N/c1-2-6-9-7-4-3-5-8-9;1-9-7-8-5-3-2-4-6-8/h3-5,7-8H,2,6H2,1H3;2-6,9H,7H2,1H3/p+1. The molecule has 2 N–H and O–H groups in total. The van der Waals surface area contributed by atoms with Crippen molar-refractivity contribution in [3.8, 4) is 0 Å². The van der Waals surface area contributed by atoms with Crippen LogP contribution >= 0.6 is 0 Å². The number of aryl methyl sites for hydroxylation is 1. The molecule has 2 aromatic carbocycles. The first-order valence-electron chi connectivity index (χ1n) is 6.72. The molecule has 0 aliphatic carbocycles. The Morgan fingerprint density at radius 2 is 1.28 bits per heavy atom. The molecule has 0 amide bonds. The summed E-state index contributed by atoms with van der Waals surface area (Å²) in [6.07, 6.45) is 2.45. The zero-order valence-corrected chi connectivity index (χ0v) is 11.5. The van der Waals surface area contributed by atoms with Gasteiger partial charge in [0.25, 0.3) is 0 Å². The highest BCUT2D eigenvalue weighted by atomic mass is 14.8. The Kier molecular flexibility index (Phi) is 7.58.